The summed E-state index contributed by atoms with van der Waals surface area (Å²) in [4.78, 5) is 21.9. The first-order valence-corrected chi connectivity index (χ1v) is 11.1. The van der Waals surface area contributed by atoms with Crippen LogP contribution in [0.4, 0.5) is 0 Å². The van der Waals surface area contributed by atoms with Gasteiger partial charge in [-0.05, 0) is 43.7 Å². The monoisotopic (exact) mass is 420 g/mol. The number of carbonyl (C=O) groups excluding carboxylic acids is 1. The summed E-state index contributed by atoms with van der Waals surface area (Å²) in [7, 11) is 0. The molecule has 0 saturated carbocycles. The van der Waals surface area contributed by atoms with E-state index >= 15 is 0 Å². The third kappa shape index (κ3) is 4.48. The van der Waals surface area contributed by atoms with Crippen LogP contribution in [0.5, 0.6) is 0 Å². The fourth-order valence-electron chi connectivity index (χ4n) is 4.64. The SMILES string of the molecule is O=C(NC1CCOC2(CCOCC2)C1)c1cnc2c(c1)ncn2CCc1ccccc1. The van der Waals surface area contributed by atoms with Crippen LogP contribution in [0.1, 0.15) is 41.6 Å². The van der Waals surface area contributed by atoms with E-state index in [1.165, 1.54) is 5.56 Å². The smallest absolute Gasteiger partial charge is 0.253 e. The van der Waals surface area contributed by atoms with Gasteiger partial charge >= 0.3 is 0 Å². The Labute approximate surface area is 181 Å². The Morgan fingerprint density at radius 3 is 2.84 bits per heavy atom. The zero-order valence-electron chi connectivity index (χ0n) is 17.6. The second-order valence-corrected chi connectivity index (χ2v) is 8.55. The Morgan fingerprint density at radius 2 is 2.00 bits per heavy atom. The molecular formula is C24H28N4O3. The molecule has 5 rings (SSSR count). The van der Waals surface area contributed by atoms with E-state index in [4.69, 9.17) is 9.47 Å². The molecule has 2 aliphatic heterocycles. The van der Waals surface area contributed by atoms with Crippen molar-refractivity contribution < 1.29 is 14.3 Å². The van der Waals surface area contributed by atoms with Gasteiger partial charge in [-0.3, -0.25) is 4.79 Å². The summed E-state index contributed by atoms with van der Waals surface area (Å²) in [6.07, 6.45) is 7.83. The van der Waals surface area contributed by atoms with Crippen molar-refractivity contribution in [3.8, 4) is 0 Å². The molecule has 2 aromatic heterocycles. The van der Waals surface area contributed by atoms with E-state index in [1.54, 1.807) is 12.5 Å². The lowest BCUT2D eigenvalue weighted by molar-refractivity contribution is -0.139. The van der Waals surface area contributed by atoms with Gasteiger partial charge in [0.15, 0.2) is 5.65 Å². The summed E-state index contributed by atoms with van der Waals surface area (Å²) in [6.45, 7) is 2.93. The first kappa shape index (κ1) is 20.2. The van der Waals surface area contributed by atoms with Crippen LogP contribution in [0.15, 0.2) is 48.9 Å². The van der Waals surface area contributed by atoms with Gasteiger partial charge in [-0.1, -0.05) is 30.3 Å². The third-order valence-electron chi connectivity index (χ3n) is 6.43. The lowest BCUT2D eigenvalue weighted by Gasteiger charge is -2.43. The second kappa shape index (κ2) is 8.77. The van der Waals surface area contributed by atoms with Gasteiger partial charge < -0.3 is 19.4 Å². The molecule has 4 heterocycles. The number of benzene rings is 1. The molecule has 0 bridgehead atoms. The van der Waals surface area contributed by atoms with Crippen molar-refractivity contribution in [1.29, 1.82) is 0 Å². The maximum atomic E-state index is 12.9. The number of hydrogen-bond donors (Lipinski definition) is 1. The molecule has 1 N–H and O–H groups in total. The van der Waals surface area contributed by atoms with E-state index < -0.39 is 0 Å². The maximum absolute atomic E-state index is 12.9. The number of fused-ring (bicyclic) bond motifs is 1. The number of nitrogens with zero attached hydrogens (tertiary/aromatic N) is 3. The van der Waals surface area contributed by atoms with Crippen molar-refractivity contribution >= 4 is 17.1 Å². The van der Waals surface area contributed by atoms with Crippen molar-refractivity contribution in [2.24, 2.45) is 0 Å². The number of hydrogen-bond acceptors (Lipinski definition) is 5. The highest BCUT2D eigenvalue weighted by atomic mass is 16.5. The van der Waals surface area contributed by atoms with Crippen LogP contribution in [-0.4, -0.2) is 51.9 Å². The summed E-state index contributed by atoms with van der Waals surface area (Å²) in [6, 6.07) is 12.3. The van der Waals surface area contributed by atoms with E-state index in [2.05, 4.69) is 27.4 Å². The van der Waals surface area contributed by atoms with E-state index in [1.807, 2.05) is 28.8 Å². The lowest BCUT2D eigenvalue weighted by Crippen LogP contribution is -2.51. The molecule has 1 unspecified atom stereocenters. The third-order valence-corrected chi connectivity index (χ3v) is 6.43. The fourth-order valence-corrected chi connectivity index (χ4v) is 4.64. The number of rotatable bonds is 5. The van der Waals surface area contributed by atoms with Gasteiger partial charge in [-0.15, -0.1) is 0 Å². The van der Waals surface area contributed by atoms with Crippen molar-refractivity contribution in [3.05, 3.63) is 60.0 Å². The molecule has 0 aliphatic carbocycles. The molecule has 2 fully saturated rings. The molecule has 1 aromatic carbocycles. The van der Waals surface area contributed by atoms with Crippen LogP contribution in [0.25, 0.3) is 11.2 Å². The van der Waals surface area contributed by atoms with E-state index in [9.17, 15) is 4.79 Å². The molecule has 31 heavy (non-hydrogen) atoms. The number of aromatic nitrogens is 3. The Bertz CT molecular complexity index is 1040. The largest absolute Gasteiger partial charge is 0.381 e. The Kier molecular flexibility index (Phi) is 5.70. The maximum Gasteiger partial charge on any atom is 0.253 e. The van der Waals surface area contributed by atoms with E-state index in [0.717, 1.165) is 63.0 Å². The van der Waals surface area contributed by atoms with Crippen LogP contribution >= 0.6 is 0 Å². The summed E-state index contributed by atoms with van der Waals surface area (Å²) >= 11 is 0. The summed E-state index contributed by atoms with van der Waals surface area (Å²) in [5.41, 5.74) is 3.23. The molecule has 1 amide bonds. The van der Waals surface area contributed by atoms with Gasteiger partial charge in [0.1, 0.15) is 5.52 Å². The van der Waals surface area contributed by atoms with Crippen molar-refractivity contribution in [3.63, 3.8) is 0 Å². The predicted octanol–water partition coefficient (Wildman–Crippen LogP) is 3.13. The molecule has 0 radical (unpaired) electrons. The standard InChI is InChI=1S/C24H28N4O3/c29-23(27-20-7-11-31-24(15-20)8-12-30-13-9-24)19-14-21-22(25-16-19)28(17-26-21)10-6-18-4-2-1-3-5-18/h1-5,14,16-17,20H,6-13,15H2,(H,27,29). The van der Waals surface area contributed by atoms with Crippen molar-refractivity contribution in [2.75, 3.05) is 19.8 Å². The quantitative estimate of drug-likeness (QED) is 0.686. The number of carbonyl (C=O) groups is 1. The normalized spacial score (nSPS) is 20.7. The Balaban J connectivity index is 1.24. The minimum atomic E-state index is -0.145. The highest BCUT2D eigenvalue weighted by Crippen LogP contribution is 2.34. The van der Waals surface area contributed by atoms with Gasteiger partial charge in [-0.25, -0.2) is 9.97 Å². The fraction of sp³-hybridized carbons (Fsp3) is 0.458. The summed E-state index contributed by atoms with van der Waals surface area (Å²) < 4.78 is 13.6. The van der Waals surface area contributed by atoms with Gasteiger partial charge in [0, 0.05) is 38.6 Å². The molecular weight excluding hydrogens is 392 g/mol. The average molecular weight is 421 g/mol. The van der Waals surface area contributed by atoms with Crippen LogP contribution in [0.3, 0.4) is 0 Å². The summed E-state index contributed by atoms with van der Waals surface area (Å²) in [5, 5.41) is 3.19. The van der Waals surface area contributed by atoms with E-state index in [-0.39, 0.29) is 17.6 Å². The molecule has 2 aliphatic rings. The lowest BCUT2D eigenvalue weighted by atomic mass is 9.84. The first-order valence-electron chi connectivity index (χ1n) is 11.1. The van der Waals surface area contributed by atoms with Crippen LogP contribution in [0.2, 0.25) is 0 Å². The van der Waals surface area contributed by atoms with Gasteiger partial charge in [-0.2, -0.15) is 0 Å². The molecule has 7 heteroatoms. The van der Waals surface area contributed by atoms with Gasteiger partial charge in [0.25, 0.3) is 5.91 Å². The molecule has 2 saturated heterocycles. The van der Waals surface area contributed by atoms with Crippen molar-refractivity contribution in [2.45, 2.75) is 50.3 Å². The molecule has 7 nitrogen and oxygen atoms in total. The zero-order chi connectivity index (χ0) is 21.1. The number of aryl methyl sites for hydroxylation is 2. The number of ether oxygens (including phenoxy) is 2. The Hall–Kier alpha value is -2.77. The van der Waals surface area contributed by atoms with Crippen LogP contribution in [0, 0.1) is 0 Å². The average Bonchev–Trinajstić information content (AvgIpc) is 3.21. The molecule has 1 spiro atoms. The number of amides is 1. The second-order valence-electron chi connectivity index (χ2n) is 8.55. The minimum absolute atomic E-state index is 0.0951. The topological polar surface area (TPSA) is 78.3 Å². The minimum Gasteiger partial charge on any atom is -0.381 e. The first-order chi connectivity index (χ1) is 15.2. The van der Waals surface area contributed by atoms with Crippen molar-refractivity contribution in [1.82, 2.24) is 19.9 Å². The molecule has 1 atom stereocenters. The Morgan fingerprint density at radius 1 is 1.16 bits per heavy atom. The van der Waals surface area contributed by atoms with Crippen LogP contribution < -0.4 is 5.32 Å². The number of imidazole rings is 1. The number of pyridine rings is 1. The van der Waals surface area contributed by atoms with Crippen LogP contribution in [-0.2, 0) is 22.4 Å². The zero-order valence-corrected chi connectivity index (χ0v) is 17.6. The van der Waals surface area contributed by atoms with Gasteiger partial charge in [0.05, 0.1) is 17.5 Å². The molecule has 3 aromatic rings. The predicted molar refractivity (Wildman–Crippen MR) is 117 cm³/mol. The highest BCUT2D eigenvalue weighted by Gasteiger charge is 2.39. The number of nitrogens with one attached hydrogen (secondary N) is 1. The van der Waals surface area contributed by atoms with Gasteiger partial charge in [0.2, 0.25) is 0 Å². The van der Waals surface area contributed by atoms with E-state index in [0.29, 0.717) is 12.2 Å². The molecule has 162 valence electrons. The summed E-state index contributed by atoms with van der Waals surface area (Å²) in [5.74, 6) is -0.0951. The highest BCUT2D eigenvalue weighted by molar-refractivity contribution is 5.96.